The lowest BCUT2D eigenvalue weighted by Crippen LogP contribution is -2.11. The van der Waals surface area contributed by atoms with E-state index in [1.807, 2.05) is 17.5 Å². The fourth-order valence-corrected chi connectivity index (χ4v) is 3.21. The van der Waals surface area contributed by atoms with Crippen LogP contribution in [0.3, 0.4) is 0 Å². The fourth-order valence-electron chi connectivity index (χ4n) is 2.59. The number of carbonyl (C=O) groups is 2. The van der Waals surface area contributed by atoms with Crippen LogP contribution in [0, 0.1) is 0 Å². The van der Waals surface area contributed by atoms with E-state index in [-0.39, 0.29) is 19.3 Å². The Bertz CT molecular complexity index is 984. The molecule has 3 aromatic rings. The molecule has 0 unspecified atom stereocenters. The monoisotopic (exact) mass is 381 g/mol. The molecule has 1 aliphatic heterocycles. The molecule has 2 heterocycles. The Kier molecular flexibility index (Phi) is 4.76. The average Bonchev–Trinajstić information content (AvgIpc) is 3.37. The molecule has 0 fully saturated rings. The molecule has 0 spiro atoms. The van der Waals surface area contributed by atoms with Gasteiger partial charge in [-0.2, -0.15) is 0 Å². The van der Waals surface area contributed by atoms with Crippen molar-refractivity contribution in [3.8, 4) is 11.5 Å². The van der Waals surface area contributed by atoms with Crippen molar-refractivity contribution in [3.05, 3.63) is 76.0 Å². The first-order valence-corrected chi connectivity index (χ1v) is 9.07. The van der Waals surface area contributed by atoms with Gasteiger partial charge in [-0.3, -0.25) is 4.79 Å². The molecule has 1 N–H and O–H groups in total. The number of carbonyl (C=O) groups excluding carboxylic acids is 2. The van der Waals surface area contributed by atoms with Crippen molar-refractivity contribution in [3.63, 3.8) is 0 Å². The number of amides is 1. The fraction of sp³-hybridized carbons (Fsp3) is 0.100. The molecule has 1 aliphatic rings. The number of ether oxygens (including phenoxy) is 3. The van der Waals surface area contributed by atoms with E-state index in [0.29, 0.717) is 27.6 Å². The standard InChI is InChI=1S/C20H15NO5S/c22-19(18-5-2-8-27-18)21-15-4-1-3-14(10-15)20(23)24-11-13-6-7-16-17(9-13)26-12-25-16/h1-10H,11-12H2,(H,21,22). The smallest absolute Gasteiger partial charge is 0.338 e. The van der Waals surface area contributed by atoms with E-state index in [1.165, 1.54) is 11.3 Å². The van der Waals surface area contributed by atoms with E-state index < -0.39 is 5.97 Å². The number of thiophene rings is 1. The highest BCUT2D eigenvalue weighted by atomic mass is 32.1. The maximum absolute atomic E-state index is 12.3. The van der Waals surface area contributed by atoms with Crippen molar-refractivity contribution in [2.24, 2.45) is 0 Å². The minimum Gasteiger partial charge on any atom is -0.457 e. The third kappa shape index (κ3) is 3.93. The summed E-state index contributed by atoms with van der Waals surface area (Å²) in [5.74, 6) is 0.636. The predicted octanol–water partition coefficient (Wildman–Crippen LogP) is 4.09. The second-order valence-corrected chi connectivity index (χ2v) is 6.72. The first kappa shape index (κ1) is 17.1. The average molecular weight is 381 g/mol. The maximum Gasteiger partial charge on any atom is 0.338 e. The lowest BCUT2D eigenvalue weighted by atomic mass is 10.2. The Labute approximate surface area is 159 Å². The summed E-state index contributed by atoms with van der Waals surface area (Å²) in [5, 5.41) is 4.61. The van der Waals surface area contributed by atoms with Gasteiger partial charge in [-0.1, -0.05) is 18.2 Å². The molecule has 0 bridgehead atoms. The van der Waals surface area contributed by atoms with Gasteiger partial charge < -0.3 is 19.5 Å². The van der Waals surface area contributed by atoms with Gasteiger partial charge in [0.05, 0.1) is 10.4 Å². The van der Waals surface area contributed by atoms with E-state index in [4.69, 9.17) is 14.2 Å². The van der Waals surface area contributed by atoms with Crippen LogP contribution in [0.15, 0.2) is 60.0 Å². The van der Waals surface area contributed by atoms with Gasteiger partial charge in [0.25, 0.3) is 5.91 Å². The SMILES string of the molecule is O=C(OCc1ccc2c(c1)OCO2)c1cccc(NC(=O)c2cccs2)c1. The molecule has 0 atom stereocenters. The van der Waals surface area contributed by atoms with E-state index in [1.54, 1.807) is 42.5 Å². The molecule has 7 heteroatoms. The number of hydrogen-bond acceptors (Lipinski definition) is 6. The molecule has 1 aromatic heterocycles. The molecule has 0 radical (unpaired) electrons. The summed E-state index contributed by atoms with van der Waals surface area (Å²) in [6.07, 6.45) is 0. The Balaban J connectivity index is 1.39. The molecule has 0 saturated carbocycles. The topological polar surface area (TPSA) is 73.9 Å². The van der Waals surface area contributed by atoms with Crippen molar-refractivity contribution in [1.29, 1.82) is 0 Å². The zero-order valence-corrected chi connectivity index (χ0v) is 15.0. The first-order chi connectivity index (χ1) is 13.2. The molecule has 0 saturated heterocycles. The number of anilines is 1. The Hall–Kier alpha value is -3.32. The number of rotatable bonds is 5. The van der Waals surface area contributed by atoms with Crippen molar-refractivity contribution >= 4 is 28.9 Å². The molecule has 1 amide bonds. The summed E-state index contributed by atoms with van der Waals surface area (Å²) in [4.78, 5) is 25.1. The Morgan fingerprint density at radius 2 is 1.93 bits per heavy atom. The second-order valence-electron chi connectivity index (χ2n) is 5.78. The Morgan fingerprint density at radius 3 is 2.78 bits per heavy atom. The third-order valence-corrected chi connectivity index (χ3v) is 4.78. The lowest BCUT2D eigenvalue weighted by molar-refractivity contribution is 0.0472. The van der Waals surface area contributed by atoms with Gasteiger partial charge >= 0.3 is 5.97 Å². The van der Waals surface area contributed by atoms with Gasteiger partial charge in [-0.25, -0.2) is 4.79 Å². The van der Waals surface area contributed by atoms with Crippen LogP contribution in [0.4, 0.5) is 5.69 Å². The van der Waals surface area contributed by atoms with E-state index in [2.05, 4.69) is 5.32 Å². The molecule has 27 heavy (non-hydrogen) atoms. The molecule has 2 aromatic carbocycles. The van der Waals surface area contributed by atoms with E-state index >= 15 is 0 Å². The van der Waals surface area contributed by atoms with Crippen LogP contribution >= 0.6 is 11.3 Å². The molecule has 136 valence electrons. The van der Waals surface area contributed by atoms with Crippen LogP contribution in [0.25, 0.3) is 0 Å². The summed E-state index contributed by atoms with van der Waals surface area (Å²) in [7, 11) is 0. The molecular weight excluding hydrogens is 366 g/mol. The van der Waals surface area contributed by atoms with Crippen LogP contribution in [-0.4, -0.2) is 18.7 Å². The Morgan fingerprint density at radius 1 is 1.04 bits per heavy atom. The number of hydrogen-bond donors (Lipinski definition) is 1. The summed E-state index contributed by atoms with van der Waals surface area (Å²) in [6, 6.07) is 15.6. The highest BCUT2D eigenvalue weighted by Crippen LogP contribution is 2.32. The van der Waals surface area contributed by atoms with Gasteiger partial charge in [0, 0.05) is 5.69 Å². The van der Waals surface area contributed by atoms with Crippen molar-refractivity contribution in [1.82, 2.24) is 0 Å². The highest BCUT2D eigenvalue weighted by molar-refractivity contribution is 7.12. The summed E-state index contributed by atoms with van der Waals surface area (Å²) in [6.45, 7) is 0.309. The number of nitrogens with one attached hydrogen (secondary N) is 1. The highest BCUT2D eigenvalue weighted by Gasteiger charge is 2.15. The van der Waals surface area contributed by atoms with Gasteiger partial charge in [0.15, 0.2) is 11.5 Å². The van der Waals surface area contributed by atoms with E-state index in [0.717, 1.165) is 5.56 Å². The van der Waals surface area contributed by atoms with E-state index in [9.17, 15) is 9.59 Å². The molecule has 4 rings (SSSR count). The summed E-state index contributed by atoms with van der Waals surface area (Å²) in [5.41, 5.74) is 1.69. The lowest BCUT2D eigenvalue weighted by Gasteiger charge is -2.08. The minimum absolute atomic E-state index is 0.112. The van der Waals surface area contributed by atoms with Crippen LogP contribution in [0.2, 0.25) is 0 Å². The quantitative estimate of drug-likeness (QED) is 0.674. The summed E-state index contributed by atoms with van der Waals surface area (Å²) < 4.78 is 15.9. The molecule has 0 aliphatic carbocycles. The van der Waals surface area contributed by atoms with Gasteiger partial charge in [0.1, 0.15) is 6.61 Å². The second kappa shape index (κ2) is 7.51. The zero-order chi connectivity index (χ0) is 18.6. The van der Waals surface area contributed by atoms with Crippen molar-refractivity contribution in [2.75, 3.05) is 12.1 Å². The normalized spacial score (nSPS) is 11.9. The summed E-state index contributed by atoms with van der Waals surface area (Å²) >= 11 is 1.35. The zero-order valence-electron chi connectivity index (χ0n) is 14.1. The number of esters is 1. The van der Waals surface area contributed by atoms with Gasteiger partial charge in [-0.15, -0.1) is 11.3 Å². The maximum atomic E-state index is 12.3. The largest absolute Gasteiger partial charge is 0.457 e. The molecular formula is C20H15NO5S. The predicted molar refractivity (Wildman–Crippen MR) is 100 cm³/mol. The van der Waals surface area contributed by atoms with Crippen LogP contribution in [-0.2, 0) is 11.3 Å². The number of benzene rings is 2. The van der Waals surface area contributed by atoms with Gasteiger partial charge in [0.2, 0.25) is 6.79 Å². The van der Waals surface area contributed by atoms with Crippen LogP contribution in [0.1, 0.15) is 25.6 Å². The van der Waals surface area contributed by atoms with Crippen molar-refractivity contribution in [2.45, 2.75) is 6.61 Å². The minimum atomic E-state index is -0.472. The van der Waals surface area contributed by atoms with Crippen LogP contribution < -0.4 is 14.8 Å². The van der Waals surface area contributed by atoms with Gasteiger partial charge in [-0.05, 0) is 47.3 Å². The van der Waals surface area contributed by atoms with Crippen LogP contribution in [0.5, 0.6) is 11.5 Å². The third-order valence-electron chi connectivity index (χ3n) is 3.91. The first-order valence-electron chi connectivity index (χ1n) is 8.19. The molecule has 6 nitrogen and oxygen atoms in total. The van der Waals surface area contributed by atoms with Crippen molar-refractivity contribution < 1.29 is 23.8 Å². The number of fused-ring (bicyclic) bond motifs is 1.